The van der Waals surface area contributed by atoms with Crippen LogP contribution in [-0.4, -0.2) is 13.7 Å². The van der Waals surface area contributed by atoms with Gasteiger partial charge in [-0.05, 0) is 112 Å². The highest BCUT2D eigenvalue weighted by Gasteiger charge is 2.33. The number of furan rings is 1. The zero-order chi connectivity index (χ0) is 44.5. The molecule has 0 aliphatic carbocycles. The van der Waals surface area contributed by atoms with Crippen LogP contribution in [0.1, 0.15) is 33.4 Å². The number of benzene rings is 9. The molecule has 0 radical (unpaired) electrons. The van der Waals surface area contributed by atoms with Crippen molar-refractivity contribution in [2.75, 3.05) is 0 Å². The van der Waals surface area contributed by atoms with Crippen LogP contribution in [0, 0.1) is 50.4 Å². The van der Waals surface area contributed by atoms with Crippen molar-refractivity contribution in [3.63, 3.8) is 0 Å². The zero-order valence-electron chi connectivity index (χ0n) is 36.7. The van der Waals surface area contributed by atoms with Gasteiger partial charge in [-0.15, -0.1) is 0 Å². The molecule has 0 N–H and O–H groups in total. The average molecular weight is 846 g/mol. The molecule has 0 atom stereocenters. The van der Waals surface area contributed by atoms with Gasteiger partial charge in [0.05, 0.1) is 61.3 Å². The molecule has 4 heterocycles. The quantitative estimate of drug-likeness (QED) is 0.177. The number of hydrogen-bond donors (Lipinski definition) is 0. The number of rotatable bonds is 4. The van der Waals surface area contributed by atoms with E-state index >= 15 is 0 Å². The molecule has 310 valence electrons. The van der Waals surface area contributed by atoms with Crippen molar-refractivity contribution in [1.82, 2.24) is 13.7 Å². The number of nitriles is 2. The van der Waals surface area contributed by atoms with E-state index in [4.69, 9.17) is 4.42 Å². The van der Waals surface area contributed by atoms with E-state index in [1.807, 2.05) is 30.3 Å². The van der Waals surface area contributed by atoms with Gasteiger partial charge in [0.25, 0.3) is 0 Å². The summed E-state index contributed by atoms with van der Waals surface area (Å²) in [5, 5.41) is 32.6. The van der Waals surface area contributed by atoms with E-state index in [1.165, 1.54) is 0 Å². The summed E-state index contributed by atoms with van der Waals surface area (Å²) < 4.78 is 13.3. The van der Waals surface area contributed by atoms with Gasteiger partial charge < -0.3 is 18.1 Å². The van der Waals surface area contributed by atoms with Gasteiger partial charge in [0, 0.05) is 48.7 Å². The fourth-order valence-corrected chi connectivity index (χ4v) is 10.9. The normalized spacial score (nSPS) is 11.9. The van der Waals surface area contributed by atoms with Crippen molar-refractivity contribution in [1.29, 1.82) is 10.5 Å². The average Bonchev–Trinajstić information content (AvgIpc) is 4.06. The van der Waals surface area contributed by atoms with Crippen LogP contribution in [0.4, 0.5) is 0 Å². The molecular weight excluding hydrogens is 807 g/mol. The van der Waals surface area contributed by atoms with Crippen molar-refractivity contribution < 1.29 is 4.42 Å². The molecule has 0 saturated carbocycles. The van der Waals surface area contributed by atoms with Crippen molar-refractivity contribution in [3.05, 3.63) is 197 Å². The first-order valence-electron chi connectivity index (χ1n) is 22.3. The maximum absolute atomic E-state index is 12.1. The Hall–Kier alpha value is -8.84. The molecule has 0 unspecified atom stereocenters. The van der Waals surface area contributed by atoms with E-state index in [-0.39, 0.29) is 0 Å². The molecule has 4 aromatic heterocycles. The summed E-state index contributed by atoms with van der Waals surface area (Å²) in [6.45, 7) is 8.51. The lowest BCUT2D eigenvalue weighted by Crippen LogP contribution is -2.15. The summed E-state index contributed by atoms with van der Waals surface area (Å²) >= 11 is 0. The van der Waals surface area contributed by atoms with E-state index < -0.39 is 0 Å². The lowest BCUT2D eigenvalue weighted by Gasteiger charge is -2.26. The lowest BCUT2D eigenvalue weighted by atomic mass is 9.89. The number of fused-ring (bicyclic) bond motifs is 12. The third-order valence-corrected chi connectivity index (χ3v) is 13.7. The zero-order valence-corrected chi connectivity index (χ0v) is 36.7. The molecule has 0 spiro atoms. The second-order valence-corrected chi connectivity index (χ2v) is 17.8. The summed E-state index contributed by atoms with van der Waals surface area (Å²) in [7, 11) is 0. The van der Waals surface area contributed by atoms with Crippen LogP contribution in [0.25, 0.3) is 116 Å². The first-order valence-corrected chi connectivity index (χ1v) is 22.3. The second-order valence-electron chi connectivity index (χ2n) is 17.8. The molecule has 13 rings (SSSR count). The minimum atomic E-state index is 0.395. The molecule has 9 aromatic carbocycles. The van der Waals surface area contributed by atoms with E-state index in [9.17, 15) is 10.5 Å². The Morgan fingerprint density at radius 1 is 0.348 bits per heavy atom. The first kappa shape index (κ1) is 37.7. The smallest absolute Gasteiger partial charge is 0.135 e. The molecule has 0 aliphatic heterocycles. The summed E-state index contributed by atoms with van der Waals surface area (Å²) in [5.41, 5.74) is 16.1. The van der Waals surface area contributed by atoms with Crippen LogP contribution in [0.3, 0.4) is 0 Å². The molecule has 0 saturated heterocycles. The first-order chi connectivity index (χ1) is 32.3. The molecule has 0 bridgehead atoms. The molecule has 13 aromatic rings. The van der Waals surface area contributed by atoms with E-state index in [0.717, 1.165) is 121 Å². The Balaban J connectivity index is 1.36. The molecule has 66 heavy (non-hydrogen) atoms. The molecule has 6 heteroatoms. The number of hydrogen-bond acceptors (Lipinski definition) is 3. The monoisotopic (exact) mass is 845 g/mol. The van der Waals surface area contributed by atoms with Crippen molar-refractivity contribution in [2.24, 2.45) is 0 Å². The largest absolute Gasteiger partial charge is 0.456 e. The maximum atomic E-state index is 12.1. The predicted octanol–water partition coefficient (Wildman–Crippen LogP) is 15.5. The Bertz CT molecular complexity index is 4030. The van der Waals surface area contributed by atoms with Crippen LogP contribution in [-0.2, 0) is 0 Å². The van der Waals surface area contributed by atoms with Gasteiger partial charge >= 0.3 is 0 Å². The summed E-state index contributed by atoms with van der Waals surface area (Å²) in [5.74, 6) is 0. The standard InChI is InChI=1S/C60H39N5O/c1-34-17-22-51-42(27-34)43-28-35(2)18-23-52(43)63(51)58-47(32-61)57(38-21-26-56-46(31-38)41-13-7-10-16-55(41)66-56)48(33-62)59(60(58)65-49-14-8-5-11-39(49)40-12-6-9-15-50(40)65)64-53-24-19-36(3)29-44(53)45-30-37(4)20-25-54(45)64/h5-31H,1-4H3. The number of aromatic nitrogens is 3. The van der Waals surface area contributed by atoms with Gasteiger partial charge in [0.2, 0.25) is 0 Å². The van der Waals surface area contributed by atoms with Gasteiger partial charge in [-0.2, -0.15) is 10.5 Å². The molecular formula is C60H39N5O. The fourth-order valence-electron chi connectivity index (χ4n) is 10.9. The number of aryl methyl sites for hydroxylation is 4. The minimum Gasteiger partial charge on any atom is -0.456 e. The predicted molar refractivity (Wildman–Crippen MR) is 271 cm³/mol. The Morgan fingerprint density at radius 3 is 1.18 bits per heavy atom. The van der Waals surface area contributed by atoms with Gasteiger partial charge in [0.1, 0.15) is 23.3 Å². The van der Waals surface area contributed by atoms with Crippen molar-refractivity contribution in [2.45, 2.75) is 27.7 Å². The van der Waals surface area contributed by atoms with E-state index in [2.05, 4.69) is 187 Å². The summed E-state index contributed by atoms with van der Waals surface area (Å²) in [4.78, 5) is 0. The van der Waals surface area contributed by atoms with Crippen LogP contribution in [0.2, 0.25) is 0 Å². The minimum absolute atomic E-state index is 0.395. The number of nitrogens with zero attached hydrogens (tertiary/aromatic N) is 5. The van der Waals surface area contributed by atoms with E-state index in [0.29, 0.717) is 28.1 Å². The van der Waals surface area contributed by atoms with Crippen molar-refractivity contribution >= 4 is 87.4 Å². The number of para-hydroxylation sites is 3. The lowest BCUT2D eigenvalue weighted by molar-refractivity contribution is 0.669. The Morgan fingerprint density at radius 2 is 0.727 bits per heavy atom. The van der Waals surface area contributed by atoms with Crippen LogP contribution < -0.4 is 0 Å². The SMILES string of the molecule is Cc1ccc2c(c1)c1cc(C)ccc1n2-c1c(C#N)c(-c2ccc3oc4ccccc4c3c2)c(C#N)c(-n2c3ccc(C)cc3c3cc(C)ccc32)c1-n1c2ccccc2c2ccccc21. The Labute approximate surface area is 379 Å². The molecule has 6 nitrogen and oxygen atoms in total. The van der Waals surface area contributed by atoms with E-state index in [1.54, 1.807) is 0 Å². The molecule has 0 aliphatic rings. The highest BCUT2D eigenvalue weighted by molar-refractivity contribution is 6.16. The topological polar surface area (TPSA) is 75.5 Å². The highest BCUT2D eigenvalue weighted by Crippen LogP contribution is 2.49. The third kappa shape index (κ3) is 5.16. The highest BCUT2D eigenvalue weighted by atomic mass is 16.3. The second kappa shape index (κ2) is 13.8. The summed E-state index contributed by atoms with van der Waals surface area (Å²) in [6, 6.07) is 63.0. The molecule has 0 fully saturated rings. The van der Waals surface area contributed by atoms with Crippen LogP contribution in [0.5, 0.6) is 0 Å². The van der Waals surface area contributed by atoms with Gasteiger partial charge in [0.15, 0.2) is 0 Å². The van der Waals surface area contributed by atoms with Gasteiger partial charge in [-0.3, -0.25) is 0 Å². The van der Waals surface area contributed by atoms with Crippen LogP contribution in [0.15, 0.2) is 168 Å². The van der Waals surface area contributed by atoms with Crippen LogP contribution >= 0.6 is 0 Å². The summed E-state index contributed by atoms with van der Waals surface area (Å²) in [6.07, 6.45) is 0. The Kier molecular flexibility index (Phi) is 7.90. The maximum Gasteiger partial charge on any atom is 0.135 e. The fraction of sp³-hybridized carbons (Fsp3) is 0.0667. The van der Waals surface area contributed by atoms with Gasteiger partial charge in [-0.25, -0.2) is 0 Å². The van der Waals surface area contributed by atoms with Gasteiger partial charge in [-0.1, -0.05) is 107 Å². The third-order valence-electron chi connectivity index (χ3n) is 13.7. The molecule has 0 amide bonds. The van der Waals surface area contributed by atoms with Crippen molar-refractivity contribution in [3.8, 4) is 40.3 Å².